The fraction of sp³-hybridized carbons (Fsp3) is 0.462. The van der Waals surface area contributed by atoms with Crippen molar-refractivity contribution in [2.75, 3.05) is 0 Å². The van der Waals surface area contributed by atoms with E-state index in [9.17, 15) is 0 Å². The smallest absolute Gasteiger partial charge is 0.166 e. The van der Waals surface area contributed by atoms with Gasteiger partial charge in [0.05, 0.1) is 0 Å². The molecule has 96 valence electrons. The van der Waals surface area contributed by atoms with Crippen molar-refractivity contribution in [3.8, 4) is 0 Å². The van der Waals surface area contributed by atoms with Gasteiger partial charge in [0, 0.05) is 19.5 Å². The summed E-state index contributed by atoms with van der Waals surface area (Å²) in [7, 11) is -1.14. The van der Waals surface area contributed by atoms with E-state index in [1.54, 1.807) is 0 Å². The Morgan fingerprint density at radius 3 is 1.71 bits per heavy atom. The van der Waals surface area contributed by atoms with Crippen molar-refractivity contribution in [2.45, 2.75) is 39.3 Å². The standard InChI is InChI=1S/C11H15.C2H8OSi.BrH.Zn/c1-9-7-5-6-8-10(9)11(2,3)4;1-4(2)3;;/h5-8H,1H2,2-4H3;3-4H,1-2H3;1H;/q-1;;;. The van der Waals surface area contributed by atoms with Crippen LogP contribution in [0, 0.1) is 6.92 Å². The molecule has 1 N–H and O–H groups in total. The molecular formula is C13H24BrOSiZn-. The molecule has 0 saturated carbocycles. The van der Waals surface area contributed by atoms with E-state index in [0.717, 1.165) is 5.56 Å². The van der Waals surface area contributed by atoms with E-state index in [2.05, 4.69) is 45.9 Å². The van der Waals surface area contributed by atoms with Gasteiger partial charge in [0.2, 0.25) is 0 Å². The van der Waals surface area contributed by atoms with E-state index in [-0.39, 0.29) is 41.9 Å². The van der Waals surface area contributed by atoms with E-state index < -0.39 is 9.04 Å². The summed E-state index contributed by atoms with van der Waals surface area (Å²) in [6, 6.07) is 8.29. The summed E-state index contributed by atoms with van der Waals surface area (Å²) >= 11 is 0. The minimum Gasteiger partial charge on any atom is -0.435 e. The maximum absolute atomic E-state index is 8.19. The van der Waals surface area contributed by atoms with Crippen LogP contribution in [0.15, 0.2) is 24.3 Å². The first-order valence-electron chi connectivity index (χ1n) is 5.34. The van der Waals surface area contributed by atoms with E-state index in [1.807, 2.05) is 19.2 Å². The third kappa shape index (κ3) is 11.2. The molecule has 0 saturated heterocycles. The van der Waals surface area contributed by atoms with Gasteiger partial charge in [-0.05, 0) is 13.1 Å². The molecule has 1 nitrogen and oxygen atoms in total. The van der Waals surface area contributed by atoms with Gasteiger partial charge in [0.25, 0.3) is 0 Å². The van der Waals surface area contributed by atoms with Crippen LogP contribution in [-0.4, -0.2) is 13.8 Å². The van der Waals surface area contributed by atoms with Gasteiger partial charge in [-0.3, -0.25) is 0 Å². The van der Waals surface area contributed by atoms with Gasteiger partial charge in [0.1, 0.15) is 0 Å². The summed E-state index contributed by atoms with van der Waals surface area (Å²) in [5.74, 6) is 0. The second-order valence-corrected chi connectivity index (χ2v) is 7.19. The Hall–Kier alpha value is 0.370. The van der Waals surface area contributed by atoms with Crippen molar-refractivity contribution in [2.24, 2.45) is 0 Å². The number of benzene rings is 1. The quantitative estimate of drug-likeness (QED) is 0.546. The minimum absolute atomic E-state index is 0. The molecule has 0 fully saturated rings. The summed E-state index contributed by atoms with van der Waals surface area (Å²) in [6.07, 6.45) is 0. The van der Waals surface area contributed by atoms with Crippen LogP contribution < -0.4 is 0 Å². The van der Waals surface area contributed by atoms with Crippen LogP contribution in [-0.2, 0) is 24.9 Å². The molecule has 0 aliphatic heterocycles. The molecule has 0 atom stereocenters. The molecule has 4 heteroatoms. The number of rotatable bonds is 0. The topological polar surface area (TPSA) is 20.2 Å². The van der Waals surface area contributed by atoms with Gasteiger partial charge in [-0.1, -0.05) is 32.3 Å². The summed E-state index contributed by atoms with van der Waals surface area (Å²) in [6.45, 7) is 14.3. The third-order valence-corrected chi connectivity index (χ3v) is 1.83. The molecule has 0 spiro atoms. The molecule has 0 heterocycles. The van der Waals surface area contributed by atoms with E-state index in [0.29, 0.717) is 0 Å². The van der Waals surface area contributed by atoms with Crippen LogP contribution in [0.4, 0.5) is 0 Å². The van der Waals surface area contributed by atoms with Crippen molar-refractivity contribution in [1.29, 1.82) is 0 Å². The monoisotopic (exact) mass is 367 g/mol. The molecule has 17 heavy (non-hydrogen) atoms. The Labute approximate surface area is 131 Å². The maximum atomic E-state index is 8.19. The maximum Gasteiger partial charge on any atom is 0.166 e. The molecule has 0 unspecified atom stereocenters. The van der Waals surface area contributed by atoms with Gasteiger partial charge in [-0.2, -0.15) is 18.6 Å². The molecule has 0 aliphatic carbocycles. The summed E-state index contributed by atoms with van der Waals surface area (Å²) < 4.78 is 0. The van der Waals surface area contributed by atoms with Gasteiger partial charge in [-0.25, -0.2) is 0 Å². The molecule has 0 aliphatic rings. The molecule has 0 aromatic heterocycles. The van der Waals surface area contributed by atoms with Crippen molar-refractivity contribution in [3.63, 3.8) is 0 Å². The fourth-order valence-electron chi connectivity index (χ4n) is 1.25. The van der Waals surface area contributed by atoms with Crippen molar-refractivity contribution in [3.05, 3.63) is 42.3 Å². The largest absolute Gasteiger partial charge is 0.435 e. The van der Waals surface area contributed by atoms with Crippen molar-refractivity contribution in [1.82, 2.24) is 0 Å². The number of hydrogen-bond donors (Lipinski definition) is 1. The summed E-state index contributed by atoms with van der Waals surface area (Å²) in [5.41, 5.74) is 2.69. The van der Waals surface area contributed by atoms with Crippen LogP contribution in [0.5, 0.6) is 0 Å². The second-order valence-electron chi connectivity index (χ2n) is 5.00. The first-order chi connectivity index (χ1) is 6.75. The first kappa shape index (κ1) is 22.5. The van der Waals surface area contributed by atoms with Crippen LogP contribution >= 0.6 is 17.0 Å². The van der Waals surface area contributed by atoms with Crippen LogP contribution in [0.2, 0.25) is 13.1 Å². The Bertz CT molecular complexity index is 295. The van der Waals surface area contributed by atoms with Gasteiger partial charge in [-0.15, -0.1) is 34.7 Å². The normalized spacial score (nSPS) is 9.59. The third-order valence-electron chi connectivity index (χ3n) is 1.83. The second kappa shape index (κ2) is 10.3. The molecular weight excluding hydrogens is 346 g/mol. The van der Waals surface area contributed by atoms with Crippen molar-refractivity contribution < 1.29 is 24.3 Å². The SMILES string of the molecule is Br.C[SiH](C)O.[CH2-]c1ccccc1C(C)(C)C.[Zn]. The Balaban J connectivity index is -0.000000289. The van der Waals surface area contributed by atoms with Gasteiger partial charge < -0.3 is 4.80 Å². The first-order valence-corrected chi connectivity index (χ1v) is 8.17. The average Bonchev–Trinajstić information content (AvgIpc) is 2.01. The summed E-state index contributed by atoms with van der Waals surface area (Å²) in [5, 5.41) is 0. The Kier molecular flexibility index (Phi) is 13.7. The predicted molar refractivity (Wildman–Crippen MR) is 81.0 cm³/mol. The van der Waals surface area contributed by atoms with Crippen LogP contribution in [0.25, 0.3) is 0 Å². The predicted octanol–water partition coefficient (Wildman–Crippen LogP) is 3.70. The van der Waals surface area contributed by atoms with Crippen LogP contribution in [0.3, 0.4) is 0 Å². The number of halogens is 1. The fourth-order valence-corrected chi connectivity index (χ4v) is 1.25. The molecule has 0 bridgehead atoms. The van der Waals surface area contributed by atoms with Crippen molar-refractivity contribution >= 4 is 26.0 Å². The average molecular weight is 370 g/mol. The zero-order valence-corrected chi connectivity index (χ0v) is 17.5. The van der Waals surface area contributed by atoms with E-state index in [4.69, 9.17) is 4.80 Å². The molecule has 0 amide bonds. The van der Waals surface area contributed by atoms with Gasteiger partial charge in [0.15, 0.2) is 9.04 Å². The molecule has 1 aromatic rings. The zero-order valence-electron chi connectivity index (χ0n) is 11.7. The van der Waals surface area contributed by atoms with Crippen LogP contribution in [0.1, 0.15) is 31.9 Å². The minimum atomic E-state index is -1.14. The Morgan fingerprint density at radius 2 is 1.47 bits per heavy atom. The van der Waals surface area contributed by atoms with Gasteiger partial charge >= 0.3 is 0 Å². The molecule has 0 radical (unpaired) electrons. The summed E-state index contributed by atoms with van der Waals surface area (Å²) in [4.78, 5) is 8.19. The van der Waals surface area contributed by atoms with E-state index >= 15 is 0 Å². The zero-order chi connectivity index (χ0) is 12.1. The van der Waals surface area contributed by atoms with E-state index in [1.165, 1.54) is 5.56 Å². The molecule has 1 rings (SSSR count). The molecule has 1 aromatic carbocycles. The Morgan fingerprint density at radius 1 is 1.12 bits per heavy atom. The number of hydrogen-bond acceptors (Lipinski definition) is 1.